The summed E-state index contributed by atoms with van der Waals surface area (Å²) in [4.78, 5) is 17.2. The van der Waals surface area contributed by atoms with Crippen molar-refractivity contribution in [1.82, 2.24) is 4.98 Å². The van der Waals surface area contributed by atoms with Gasteiger partial charge in [-0.05, 0) is 29.8 Å². The number of hydrogen-bond acceptors (Lipinski definition) is 4. The monoisotopic (exact) mass is 290 g/mol. The molecule has 0 unspecified atom stereocenters. The van der Waals surface area contributed by atoms with Crippen molar-refractivity contribution >= 4 is 29.0 Å². The lowest BCUT2D eigenvalue weighted by Crippen LogP contribution is -2.34. The van der Waals surface area contributed by atoms with Crippen LogP contribution >= 0.6 is 11.6 Å². The molecule has 5 nitrogen and oxygen atoms in total. The Bertz CT molecular complexity index is 600. The van der Waals surface area contributed by atoms with E-state index in [1.54, 1.807) is 35.4 Å². The van der Waals surface area contributed by atoms with Crippen molar-refractivity contribution in [3.05, 3.63) is 53.2 Å². The highest BCUT2D eigenvalue weighted by molar-refractivity contribution is 6.32. The van der Waals surface area contributed by atoms with Crippen molar-refractivity contribution in [3.8, 4) is 0 Å². The molecule has 0 fully saturated rings. The van der Waals surface area contributed by atoms with Gasteiger partial charge in [0.1, 0.15) is 5.82 Å². The first kappa shape index (κ1) is 14.1. The molecular formula is C14H15ClN4O. The first-order valence-corrected chi connectivity index (χ1v) is 6.42. The summed E-state index contributed by atoms with van der Waals surface area (Å²) < 4.78 is 0. The van der Waals surface area contributed by atoms with Crippen molar-refractivity contribution in [2.75, 3.05) is 17.2 Å². The normalized spacial score (nSPS) is 10.2. The largest absolute Gasteiger partial charge is 0.399 e. The number of halogens is 1. The minimum atomic E-state index is -0.442. The third kappa shape index (κ3) is 3.61. The van der Waals surface area contributed by atoms with Gasteiger partial charge in [-0.1, -0.05) is 23.7 Å². The molecule has 0 aliphatic rings. The number of carbonyl (C=O) groups excluding carboxylic acids is 1. The highest BCUT2D eigenvalue weighted by Gasteiger charge is 2.14. The lowest BCUT2D eigenvalue weighted by Gasteiger charge is -2.23. The molecule has 4 N–H and O–H groups in total. The van der Waals surface area contributed by atoms with Crippen LogP contribution < -0.4 is 16.4 Å². The van der Waals surface area contributed by atoms with Crippen LogP contribution in [0.5, 0.6) is 0 Å². The van der Waals surface area contributed by atoms with Gasteiger partial charge in [0, 0.05) is 18.4 Å². The van der Waals surface area contributed by atoms with Crippen LogP contribution in [0.3, 0.4) is 0 Å². The number of hydrogen-bond donors (Lipinski definition) is 2. The van der Waals surface area contributed by atoms with E-state index in [1.165, 1.54) is 0 Å². The van der Waals surface area contributed by atoms with Crippen LogP contribution in [0.4, 0.5) is 11.5 Å². The maximum atomic E-state index is 11.2. The molecule has 104 valence electrons. The topological polar surface area (TPSA) is 85.2 Å². The number of pyridine rings is 1. The van der Waals surface area contributed by atoms with E-state index in [1.807, 2.05) is 12.1 Å². The van der Waals surface area contributed by atoms with Crippen LogP contribution in [-0.4, -0.2) is 17.4 Å². The molecule has 0 saturated carbocycles. The Kier molecular flexibility index (Phi) is 4.42. The molecule has 0 bridgehead atoms. The van der Waals surface area contributed by atoms with E-state index < -0.39 is 5.91 Å². The summed E-state index contributed by atoms with van der Waals surface area (Å²) in [6.45, 7) is 0.515. The molecule has 0 spiro atoms. The molecular weight excluding hydrogens is 276 g/mol. The van der Waals surface area contributed by atoms with Crippen molar-refractivity contribution < 1.29 is 4.79 Å². The number of anilines is 2. The number of primary amides is 1. The molecule has 0 radical (unpaired) electrons. The molecule has 0 aliphatic heterocycles. The number of benzene rings is 1. The smallest absolute Gasteiger partial charge is 0.237 e. The lowest BCUT2D eigenvalue weighted by atomic mass is 10.2. The lowest BCUT2D eigenvalue weighted by molar-refractivity contribution is -0.116. The van der Waals surface area contributed by atoms with Crippen molar-refractivity contribution in [2.45, 2.75) is 6.54 Å². The van der Waals surface area contributed by atoms with Crippen molar-refractivity contribution in [3.63, 3.8) is 0 Å². The summed E-state index contributed by atoms with van der Waals surface area (Å²) in [6.07, 6.45) is 1.62. The van der Waals surface area contributed by atoms with Gasteiger partial charge < -0.3 is 16.4 Å². The Morgan fingerprint density at radius 1 is 1.25 bits per heavy atom. The number of aromatic nitrogens is 1. The maximum Gasteiger partial charge on any atom is 0.237 e. The molecule has 0 aliphatic carbocycles. The fraction of sp³-hybridized carbons (Fsp3) is 0.143. The predicted molar refractivity (Wildman–Crippen MR) is 80.3 cm³/mol. The van der Waals surface area contributed by atoms with E-state index in [0.717, 1.165) is 5.56 Å². The second-order valence-corrected chi connectivity index (χ2v) is 4.78. The van der Waals surface area contributed by atoms with Crippen LogP contribution in [0, 0.1) is 0 Å². The Hall–Kier alpha value is -2.27. The number of rotatable bonds is 5. The first-order valence-electron chi connectivity index (χ1n) is 6.04. The first-order chi connectivity index (χ1) is 9.56. The van der Waals surface area contributed by atoms with Gasteiger partial charge in [-0.25, -0.2) is 4.98 Å². The predicted octanol–water partition coefficient (Wildman–Crippen LogP) is 1.81. The molecule has 20 heavy (non-hydrogen) atoms. The Morgan fingerprint density at radius 2 is 1.95 bits per heavy atom. The van der Waals surface area contributed by atoms with E-state index >= 15 is 0 Å². The SMILES string of the molecule is NC(=O)CN(Cc1ccc(N)cc1)c1ncccc1Cl. The summed E-state index contributed by atoms with van der Waals surface area (Å²) in [7, 11) is 0. The summed E-state index contributed by atoms with van der Waals surface area (Å²) in [6, 6.07) is 10.8. The second kappa shape index (κ2) is 6.25. The third-order valence-electron chi connectivity index (χ3n) is 2.74. The zero-order valence-corrected chi connectivity index (χ0v) is 11.5. The van der Waals surface area contributed by atoms with Gasteiger partial charge in [-0.15, -0.1) is 0 Å². The Balaban J connectivity index is 2.26. The van der Waals surface area contributed by atoms with E-state index in [-0.39, 0.29) is 6.54 Å². The molecule has 1 heterocycles. The molecule has 0 saturated heterocycles. The summed E-state index contributed by atoms with van der Waals surface area (Å²) in [5.41, 5.74) is 12.6. The second-order valence-electron chi connectivity index (χ2n) is 4.37. The zero-order chi connectivity index (χ0) is 14.5. The molecule has 1 amide bonds. The summed E-state index contributed by atoms with van der Waals surface area (Å²) >= 11 is 6.12. The van der Waals surface area contributed by atoms with E-state index in [9.17, 15) is 4.79 Å². The third-order valence-corrected chi connectivity index (χ3v) is 3.03. The highest BCUT2D eigenvalue weighted by Crippen LogP contribution is 2.23. The van der Waals surface area contributed by atoms with Crippen molar-refractivity contribution in [1.29, 1.82) is 0 Å². The minimum absolute atomic E-state index is 0.0428. The van der Waals surface area contributed by atoms with E-state index in [4.69, 9.17) is 23.1 Å². The number of carbonyl (C=O) groups is 1. The molecule has 1 aromatic carbocycles. The van der Waals surface area contributed by atoms with E-state index in [0.29, 0.717) is 23.1 Å². The highest BCUT2D eigenvalue weighted by atomic mass is 35.5. The standard InChI is InChI=1S/C14H15ClN4O/c15-12-2-1-7-18-14(12)19(9-13(17)20)8-10-3-5-11(16)6-4-10/h1-7H,8-9,16H2,(H2,17,20). The zero-order valence-electron chi connectivity index (χ0n) is 10.8. The molecule has 0 atom stereocenters. The number of nitrogens with two attached hydrogens (primary N) is 2. The Labute approximate surface area is 122 Å². The maximum absolute atomic E-state index is 11.2. The number of amides is 1. The molecule has 2 aromatic rings. The summed E-state index contributed by atoms with van der Waals surface area (Å²) in [5.74, 6) is 0.0898. The van der Waals surface area contributed by atoms with Gasteiger partial charge in [0.15, 0.2) is 0 Å². The Morgan fingerprint density at radius 3 is 2.55 bits per heavy atom. The number of nitrogens with zero attached hydrogens (tertiary/aromatic N) is 2. The van der Waals surface area contributed by atoms with Gasteiger partial charge in [0.25, 0.3) is 0 Å². The van der Waals surface area contributed by atoms with Gasteiger partial charge in [-0.3, -0.25) is 4.79 Å². The van der Waals surface area contributed by atoms with Gasteiger partial charge in [0.05, 0.1) is 11.6 Å². The summed E-state index contributed by atoms with van der Waals surface area (Å²) in [5, 5.41) is 0.476. The average Bonchev–Trinajstić information content (AvgIpc) is 2.41. The van der Waals surface area contributed by atoms with Gasteiger partial charge in [-0.2, -0.15) is 0 Å². The van der Waals surface area contributed by atoms with Crippen LogP contribution in [0.25, 0.3) is 0 Å². The molecule has 2 rings (SSSR count). The van der Waals surface area contributed by atoms with Gasteiger partial charge >= 0.3 is 0 Å². The van der Waals surface area contributed by atoms with Gasteiger partial charge in [0.2, 0.25) is 5.91 Å². The quantitative estimate of drug-likeness (QED) is 0.822. The molecule has 1 aromatic heterocycles. The van der Waals surface area contributed by atoms with Crippen LogP contribution in [0.1, 0.15) is 5.56 Å². The molecule has 6 heteroatoms. The van der Waals surface area contributed by atoms with E-state index in [2.05, 4.69) is 4.98 Å². The average molecular weight is 291 g/mol. The fourth-order valence-corrected chi connectivity index (χ4v) is 2.09. The van der Waals surface area contributed by atoms with Crippen LogP contribution in [0.2, 0.25) is 5.02 Å². The fourth-order valence-electron chi connectivity index (χ4n) is 1.85. The minimum Gasteiger partial charge on any atom is -0.399 e. The van der Waals surface area contributed by atoms with Crippen LogP contribution in [0.15, 0.2) is 42.6 Å². The number of nitrogen functional groups attached to an aromatic ring is 1. The van der Waals surface area contributed by atoms with Crippen molar-refractivity contribution in [2.24, 2.45) is 5.73 Å². The van der Waals surface area contributed by atoms with Crippen LogP contribution in [-0.2, 0) is 11.3 Å².